The Morgan fingerprint density at radius 1 is 0.848 bits per heavy atom. The number of nitrogens with one attached hydrogen (secondary N) is 1. The van der Waals surface area contributed by atoms with Crippen molar-refractivity contribution in [2.75, 3.05) is 6.54 Å². The van der Waals surface area contributed by atoms with Gasteiger partial charge in [-0.15, -0.1) is 0 Å². The SMILES string of the molecule is CC1C(CN2C(=O)C(Cc3ccncc3)(Cc3ccncc3)N/C2=C/C(=O)c2ccc(-c3ccccc3)cc2)CC2CC1C2(C)C. The van der Waals surface area contributed by atoms with Crippen molar-refractivity contribution >= 4 is 11.7 Å². The Labute approximate surface area is 272 Å². The number of fused-ring (bicyclic) bond motifs is 2. The van der Waals surface area contributed by atoms with Gasteiger partial charge in [-0.25, -0.2) is 0 Å². The highest BCUT2D eigenvalue weighted by atomic mass is 16.2. The number of nitrogens with zero attached hydrogens (tertiary/aromatic N) is 3. The molecule has 0 radical (unpaired) electrons. The third-order valence-electron chi connectivity index (χ3n) is 11.3. The molecule has 4 unspecified atom stereocenters. The summed E-state index contributed by atoms with van der Waals surface area (Å²) in [6.45, 7) is 7.78. The van der Waals surface area contributed by atoms with Gasteiger partial charge in [0, 0.05) is 55.8 Å². The lowest BCUT2D eigenvalue weighted by atomic mass is 9.43. The van der Waals surface area contributed by atoms with Crippen LogP contribution in [0.25, 0.3) is 11.1 Å². The molecule has 1 saturated heterocycles. The van der Waals surface area contributed by atoms with Crippen molar-refractivity contribution in [2.45, 2.75) is 52.0 Å². The Bertz CT molecular complexity index is 1690. The molecule has 2 aromatic heterocycles. The molecule has 4 atom stereocenters. The minimum absolute atomic E-state index is 0.0188. The predicted molar refractivity (Wildman–Crippen MR) is 180 cm³/mol. The number of ketones is 1. The number of aromatic nitrogens is 2. The van der Waals surface area contributed by atoms with Crippen LogP contribution < -0.4 is 5.32 Å². The fourth-order valence-corrected chi connectivity index (χ4v) is 8.43. The van der Waals surface area contributed by atoms with Gasteiger partial charge in [0.05, 0.1) is 0 Å². The van der Waals surface area contributed by atoms with E-state index in [1.807, 2.05) is 71.6 Å². The molecule has 2 aromatic carbocycles. The van der Waals surface area contributed by atoms with E-state index in [-0.39, 0.29) is 11.7 Å². The van der Waals surface area contributed by atoms with E-state index in [4.69, 9.17) is 0 Å². The largest absolute Gasteiger partial charge is 0.357 e. The van der Waals surface area contributed by atoms with E-state index >= 15 is 0 Å². The summed E-state index contributed by atoms with van der Waals surface area (Å²) in [6.07, 6.45) is 12.1. The van der Waals surface area contributed by atoms with Gasteiger partial charge in [0.15, 0.2) is 5.78 Å². The van der Waals surface area contributed by atoms with E-state index in [2.05, 4.69) is 48.2 Å². The van der Waals surface area contributed by atoms with Crippen molar-refractivity contribution < 1.29 is 9.59 Å². The highest BCUT2D eigenvalue weighted by Gasteiger charge is 2.57. The van der Waals surface area contributed by atoms with Gasteiger partial charge in [0.1, 0.15) is 11.4 Å². The van der Waals surface area contributed by atoms with E-state index in [0.29, 0.717) is 59.9 Å². The molecule has 2 bridgehead atoms. The molecule has 46 heavy (non-hydrogen) atoms. The number of pyridine rings is 2. The van der Waals surface area contributed by atoms with Gasteiger partial charge in [-0.1, -0.05) is 75.4 Å². The summed E-state index contributed by atoms with van der Waals surface area (Å²) in [7, 11) is 0. The van der Waals surface area contributed by atoms with Crippen LogP contribution >= 0.6 is 0 Å². The summed E-state index contributed by atoms with van der Waals surface area (Å²) in [4.78, 5) is 39.0. The molecule has 4 fully saturated rings. The monoisotopic (exact) mass is 610 g/mol. The van der Waals surface area contributed by atoms with Gasteiger partial charge in [0.2, 0.25) is 0 Å². The van der Waals surface area contributed by atoms with E-state index in [1.54, 1.807) is 30.9 Å². The summed E-state index contributed by atoms with van der Waals surface area (Å²) < 4.78 is 0. The van der Waals surface area contributed by atoms with Crippen molar-refractivity contribution in [3.63, 3.8) is 0 Å². The fourth-order valence-electron chi connectivity index (χ4n) is 8.43. The predicted octanol–water partition coefficient (Wildman–Crippen LogP) is 7.14. The third-order valence-corrected chi connectivity index (χ3v) is 11.3. The van der Waals surface area contributed by atoms with E-state index in [0.717, 1.165) is 28.7 Å². The smallest absolute Gasteiger partial charge is 0.254 e. The summed E-state index contributed by atoms with van der Waals surface area (Å²) in [5.41, 5.74) is 4.19. The van der Waals surface area contributed by atoms with Crippen LogP contribution in [-0.4, -0.2) is 38.6 Å². The molecule has 4 aliphatic rings. The molecule has 3 aliphatic carbocycles. The van der Waals surface area contributed by atoms with Crippen LogP contribution in [-0.2, 0) is 17.6 Å². The lowest BCUT2D eigenvalue weighted by Crippen LogP contribution is -2.57. The van der Waals surface area contributed by atoms with Gasteiger partial charge in [-0.2, -0.15) is 0 Å². The Balaban J connectivity index is 1.24. The van der Waals surface area contributed by atoms with Crippen molar-refractivity contribution in [1.29, 1.82) is 0 Å². The average Bonchev–Trinajstić information content (AvgIpc) is 3.31. The van der Waals surface area contributed by atoms with Crippen LogP contribution in [0.4, 0.5) is 0 Å². The minimum Gasteiger partial charge on any atom is -0.357 e. The summed E-state index contributed by atoms with van der Waals surface area (Å²) >= 11 is 0. The number of benzene rings is 2. The van der Waals surface area contributed by atoms with E-state index < -0.39 is 5.54 Å². The van der Waals surface area contributed by atoms with E-state index in [9.17, 15) is 9.59 Å². The van der Waals surface area contributed by atoms with Crippen LogP contribution in [0.3, 0.4) is 0 Å². The first-order chi connectivity index (χ1) is 22.2. The van der Waals surface area contributed by atoms with E-state index in [1.165, 1.54) is 6.42 Å². The van der Waals surface area contributed by atoms with Crippen LogP contribution in [0.1, 0.15) is 55.1 Å². The van der Waals surface area contributed by atoms with Crippen molar-refractivity contribution in [1.82, 2.24) is 20.2 Å². The minimum atomic E-state index is -0.952. The van der Waals surface area contributed by atoms with Gasteiger partial charge in [-0.3, -0.25) is 24.5 Å². The maximum atomic E-state index is 14.8. The molecule has 4 aromatic rings. The number of carbonyl (C=O) groups is 2. The summed E-state index contributed by atoms with van der Waals surface area (Å²) in [6, 6.07) is 25.7. The second-order valence-electron chi connectivity index (χ2n) is 14.2. The van der Waals surface area contributed by atoms with Crippen molar-refractivity contribution in [2.24, 2.45) is 29.1 Å². The topological polar surface area (TPSA) is 75.2 Å². The van der Waals surface area contributed by atoms with Crippen LogP contribution in [0.5, 0.6) is 0 Å². The molecule has 234 valence electrons. The highest BCUT2D eigenvalue weighted by molar-refractivity contribution is 6.06. The van der Waals surface area contributed by atoms with Crippen LogP contribution in [0.15, 0.2) is 116 Å². The zero-order valence-electron chi connectivity index (χ0n) is 26.9. The third kappa shape index (κ3) is 5.55. The normalized spacial score (nSPS) is 25.2. The lowest BCUT2D eigenvalue weighted by Gasteiger charge is -2.62. The number of amides is 1. The molecule has 3 heterocycles. The molecular weight excluding hydrogens is 568 g/mol. The molecule has 3 saturated carbocycles. The molecule has 6 heteroatoms. The van der Waals surface area contributed by atoms with Gasteiger partial charge in [0.25, 0.3) is 5.91 Å². The summed E-state index contributed by atoms with van der Waals surface area (Å²) in [5, 5.41) is 3.66. The molecule has 1 amide bonds. The van der Waals surface area contributed by atoms with Gasteiger partial charge in [-0.05, 0) is 88.4 Å². The molecule has 8 rings (SSSR count). The number of hydrogen-bond donors (Lipinski definition) is 1. The fraction of sp³-hybridized carbons (Fsp3) is 0.350. The Morgan fingerprint density at radius 3 is 2.00 bits per heavy atom. The van der Waals surface area contributed by atoms with Gasteiger partial charge < -0.3 is 5.32 Å². The maximum Gasteiger partial charge on any atom is 0.254 e. The molecule has 6 nitrogen and oxygen atoms in total. The van der Waals surface area contributed by atoms with Crippen molar-refractivity contribution in [3.8, 4) is 11.1 Å². The van der Waals surface area contributed by atoms with Crippen molar-refractivity contribution in [3.05, 3.63) is 132 Å². The lowest BCUT2D eigenvalue weighted by molar-refractivity contribution is -0.142. The first kappa shape index (κ1) is 30.1. The molecule has 0 spiro atoms. The molecule has 1 N–H and O–H groups in total. The van der Waals surface area contributed by atoms with Crippen LogP contribution in [0, 0.1) is 29.1 Å². The number of rotatable bonds is 9. The number of carbonyl (C=O) groups excluding carboxylic acids is 2. The molecule has 1 aliphatic heterocycles. The highest BCUT2D eigenvalue weighted by Crippen LogP contribution is 2.63. The number of allylic oxidation sites excluding steroid dienone is 1. The first-order valence-electron chi connectivity index (χ1n) is 16.5. The zero-order valence-corrected chi connectivity index (χ0v) is 26.9. The standard InChI is InChI=1S/C40H42N4O2/c1-27-33(21-34-22-35(27)39(34,2)3)26-44-37(23-36(45)32-11-9-31(10-12-32)30-7-5-4-6-8-30)43-40(38(44)46,24-28-13-17-41-18-14-28)25-29-15-19-42-20-16-29/h4-20,23,27,33-35,43H,21-22,24-26H2,1-3H3/b37-23-. The van der Waals surface area contributed by atoms with Gasteiger partial charge >= 0.3 is 0 Å². The second kappa shape index (κ2) is 12.0. The first-order valence-corrected chi connectivity index (χ1v) is 16.5. The quantitative estimate of drug-likeness (QED) is 0.161. The Kier molecular flexibility index (Phi) is 7.83. The number of hydrogen-bond acceptors (Lipinski definition) is 5. The maximum absolute atomic E-state index is 14.8. The zero-order chi connectivity index (χ0) is 31.9. The second-order valence-corrected chi connectivity index (χ2v) is 14.2. The summed E-state index contributed by atoms with van der Waals surface area (Å²) in [5.74, 6) is 2.72. The Hall–Kier alpha value is -4.58. The Morgan fingerprint density at radius 2 is 1.43 bits per heavy atom. The molecular formula is C40H42N4O2. The van der Waals surface area contributed by atoms with Crippen LogP contribution in [0.2, 0.25) is 0 Å². The average molecular weight is 611 g/mol.